The van der Waals surface area contributed by atoms with Crippen molar-refractivity contribution in [3.05, 3.63) is 58.7 Å². The predicted octanol–water partition coefficient (Wildman–Crippen LogP) is 4.54. The van der Waals surface area contributed by atoms with Crippen LogP contribution < -0.4 is 4.74 Å². The number of benzene rings is 2. The van der Waals surface area contributed by atoms with E-state index in [-0.39, 0.29) is 17.2 Å². The summed E-state index contributed by atoms with van der Waals surface area (Å²) < 4.78 is 5.81. The molecule has 1 N–H and O–H groups in total. The topological polar surface area (TPSA) is 56.2 Å². The normalized spacial score (nSPS) is 17.1. The van der Waals surface area contributed by atoms with Gasteiger partial charge in [-0.15, -0.1) is 0 Å². The summed E-state index contributed by atoms with van der Waals surface area (Å²) in [6, 6.07) is 11.9. The molecule has 1 fully saturated rings. The molecule has 0 aliphatic carbocycles. The third-order valence-corrected chi connectivity index (χ3v) is 7.48. The molecule has 6 nitrogen and oxygen atoms in total. The van der Waals surface area contributed by atoms with Gasteiger partial charge >= 0.3 is 0 Å². The van der Waals surface area contributed by atoms with Gasteiger partial charge in [-0.1, -0.05) is 32.0 Å². The van der Waals surface area contributed by atoms with Crippen molar-refractivity contribution >= 4 is 5.91 Å². The van der Waals surface area contributed by atoms with E-state index in [0.29, 0.717) is 18.3 Å². The van der Waals surface area contributed by atoms with E-state index in [9.17, 15) is 9.90 Å². The average Bonchev–Trinajstić information content (AvgIpc) is 3.28. The summed E-state index contributed by atoms with van der Waals surface area (Å²) in [5, 5.41) is 10.2. The average molecular weight is 480 g/mol. The van der Waals surface area contributed by atoms with Crippen molar-refractivity contribution < 1.29 is 14.6 Å². The molecule has 1 saturated heterocycles. The zero-order valence-corrected chi connectivity index (χ0v) is 22.0. The van der Waals surface area contributed by atoms with Crippen molar-refractivity contribution in [2.75, 3.05) is 39.8 Å². The first-order valence-electron chi connectivity index (χ1n) is 12.9. The summed E-state index contributed by atoms with van der Waals surface area (Å²) in [4.78, 5) is 20.1. The van der Waals surface area contributed by atoms with Crippen LogP contribution in [0.2, 0.25) is 0 Å². The molecule has 0 aromatic heterocycles. The van der Waals surface area contributed by atoms with Gasteiger partial charge in [0.1, 0.15) is 0 Å². The third-order valence-electron chi connectivity index (χ3n) is 7.48. The van der Waals surface area contributed by atoms with E-state index in [1.54, 1.807) is 6.07 Å². The zero-order chi connectivity index (χ0) is 25.2. The van der Waals surface area contributed by atoms with Crippen molar-refractivity contribution in [3.63, 3.8) is 0 Å². The zero-order valence-electron chi connectivity index (χ0n) is 22.0. The van der Waals surface area contributed by atoms with Crippen LogP contribution in [0.15, 0.2) is 36.4 Å². The number of likely N-dealkylation sites (N-methyl/N-ethyl adjacent to an activating group) is 1. The monoisotopic (exact) mass is 479 g/mol. The lowest BCUT2D eigenvalue weighted by Crippen LogP contribution is -2.47. The van der Waals surface area contributed by atoms with Gasteiger partial charge in [0.15, 0.2) is 11.5 Å². The van der Waals surface area contributed by atoms with Crippen LogP contribution in [0.5, 0.6) is 11.5 Å². The SMILES string of the molecule is CC(C)COc1cc(CCC(C)(C)N2Cc3cccc(C(=O)N4CCN(C)CC4)c3C2)ccc1O. The summed E-state index contributed by atoms with van der Waals surface area (Å²) in [5.74, 6) is 1.34. The maximum absolute atomic E-state index is 13.3. The highest BCUT2D eigenvalue weighted by Gasteiger charge is 2.34. The van der Waals surface area contributed by atoms with E-state index >= 15 is 0 Å². The first-order chi connectivity index (χ1) is 16.6. The van der Waals surface area contributed by atoms with Gasteiger partial charge < -0.3 is 19.6 Å². The van der Waals surface area contributed by atoms with Crippen molar-refractivity contribution in [1.82, 2.24) is 14.7 Å². The summed E-state index contributed by atoms with van der Waals surface area (Å²) in [7, 11) is 2.11. The largest absolute Gasteiger partial charge is 0.504 e. The van der Waals surface area contributed by atoms with Crippen molar-refractivity contribution in [2.24, 2.45) is 5.92 Å². The van der Waals surface area contributed by atoms with Crippen LogP contribution in [-0.4, -0.2) is 71.1 Å². The fourth-order valence-electron chi connectivity index (χ4n) is 4.92. The Balaban J connectivity index is 1.41. The van der Waals surface area contributed by atoms with Crippen LogP contribution in [0.1, 0.15) is 61.2 Å². The van der Waals surface area contributed by atoms with Crippen LogP contribution in [-0.2, 0) is 19.5 Å². The van der Waals surface area contributed by atoms with Crippen LogP contribution in [0.25, 0.3) is 0 Å². The van der Waals surface area contributed by atoms with Crippen LogP contribution in [0, 0.1) is 5.92 Å². The molecule has 6 heteroatoms. The Morgan fingerprint density at radius 1 is 1.09 bits per heavy atom. The number of fused-ring (bicyclic) bond motifs is 1. The molecule has 190 valence electrons. The highest BCUT2D eigenvalue weighted by Crippen LogP contribution is 2.35. The second-order valence-electron chi connectivity index (χ2n) is 11.2. The molecule has 0 unspecified atom stereocenters. The van der Waals surface area contributed by atoms with Crippen molar-refractivity contribution in [1.29, 1.82) is 0 Å². The van der Waals surface area contributed by atoms with Gasteiger partial charge in [0.25, 0.3) is 5.91 Å². The van der Waals surface area contributed by atoms with Gasteiger partial charge in [-0.05, 0) is 74.5 Å². The predicted molar refractivity (Wildman–Crippen MR) is 140 cm³/mol. The minimum atomic E-state index is -0.0377. The van der Waals surface area contributed by atoms with E-state index < -0.39 is 0 Å². The maximum atomic E-state index is 13.3. The number of aromatic hydroxyl groups is 1. The molecule has 4 rings (SSSR count). The number of amides is 1. The molecular formula is C29H41N3O3. The Hall–Kier alpha value is -2.57. The number of hydrogen-bond donors (Lipinski definition) is 1. The number of piperazine rings is 1. The molecule has 0 atom stereocenters. The van der Waals surface area contributed by atoms with E-state index in [1.807, 2.05) is 29.2 Å². The van der Waals surface area contributed by atoms with Crippen molar-refractivity contribution in [2.45, 2.75) is 59.2 Å². The fraction of sp³-hybridized carbons (Fsp3) is 0.552. The van der Waals surface area contributed by atoms with Gasteiger partial charge in [0.2, 0.25) is 0 Å². The lowest BCUT2D eigenvalue weighted by Gasteiger charge is -2.36. The maximum Gasteiger partial charge on any atom is 0.254 e. The van der Waals surface area contributed by atoms with E-state index in [0.717, 1.165) is 63.2 Å². The van der Waals surface area contributed by atoms with E-state index in [4.69, 9.17) is 4.74 Å². The Bertz CT molecular complexity index is 1040. The fourth-order valence-corrected chi connectivity index (χ4v) is 4.92. The number of phenols is 1. The number of phenolic OH excluding ortho intramolecular Hbond substituents is 1. The number of carbonyl (C=O) groups is 1. The van der Waals surface area contributed by atoms with E-state index in [1.165, 1.54) is 11.1 Å². The molecule has 2 aliphatic heterocycles. The van der Waals surface area contributed by atoms with E-state index in [2.05, 4.69) is 50.6 Å². The van der Waals surface area contributed by atoms with Crippen LogP contribution >= 0.6 is 0 Å². The number of aryl methyl sites for hydroxylation is 1. The number of hydrogen-bond acceptors (Lipinski definition) is 5. The van der Waals surface area contributed by atoms with Gasteiger partial charge in [0, 0.05) is 50.4 Å². The highest BCUT2D eigenvalue weighted by atomic mass is 16.5. The van der Waals surface area contributed by atoms with Crippen LogP contribution in [0.3, 0.4) is 0 Å². The summed E-state index contributed by atoms with van der Waals surface area (Å²) in [6.45, 7) is 14.5. The van der Waals surface area contributed by atoms with Gasteiger partial charge in [-0.25, -0.2) is 0 Å². The Kier molecular flexibility index (Phi) is 7.72. The first kappa shape index (κ1) is 25.5. The molecule has 2 aliphatic rings. The quantitative estimate of drug-likeness (QED) is 0.602. The molecule has 1 amide bonds. The minimum Gasteiger partial charge on any atom is -0.504 e. The molecule has 0 spiro atoms. The molecule has 35 heavy (non-hydrogen) atoms. The number of carbonyl (C=O) groups excluding carboxylic acids is 1. The number of rotatable bonds is 8. The van der Waals surface area contributed by atoms with Crippen molar-refractivity contribution in [3.8, 4) is 11.5 Å². The van der Waals surface area contributed by atoms with Gasteiger partial charge in [-0.2, -0.15) is 0 Å². The Labute approximate surface area is 210 Å². The molecule has 2 aromatic carbocycles. The second-order valence-corrected chi connectivity index (χ2v) is 11.2. The molecule has 0 radical (unpaired) electrons. The van der Waals surface area contributed by atoms with Crippen LogP contribution in [0.4, 0.5) is 0 Å². The minimum absolute atomic E-state index is 0.0377. The summed E-state index contributed by atoms with van der Waals surface area (Å²) in [6.07, 6.45) is 1.86. The number of ether oxygens (including phenoxy) is 1. The molecule has 0 bridgehead atoms. The molecule has 2 aromatic rings. The Morgan fingerprint density at radius 3 is 2.54 bits per heavy atom. The smallest absolute Gasteiger partial charge is 0.254 e. The lowest BCUT2D eigenvalue weighted by atomic mass is 9.93. The molecule has 0 saturated carbocycles. The summed E-state index contributed by atoms with van der Waals surface area (Å²) >= 11 is 0. The third kappa shape index (κ3) is 5.99. The summed E-state index contributed by atoms with van der Waals surface area (Å²) in [5.41, 5.74) is 4.46. The van der Waals surface area contributed by atoms with Gasteiger partial charge in [0.05, 0.1) is 6.61 Å². The second kappa shape index (κ2) is 10.6. The number of nitrogens with zero attached hydrogens (tertiary/aromatic N) is 3. The highest BCUT2D eigenvalue weighted by molar-refractivity contribution is 5.96. The molecular weight excluding hydrogens is 438 g/mol. The first-order valence-corrected chi connectivity index (χ1v) is 12.9. The van der Waals surface area contributed by atoms with Gasteiger partial charge in [-0.3, -0.25) is 9.69 Å². The standard InChI is InChI=1S/C29H41N3O3/c1-21(2)20-35-27-17-22(9-10-26(27)33)11-12-29(3,4)32-18-23-7-6-8-24(25(23)19-32)28(34)31-15-13-30(5)14-16-31/h6-10,17,21,33H,11-16,18-20H2,1-5H3. The lowest BCUT2D eigenvalue weighted by molar-refractivity contribution is 0.0660. The molecule has 2 heterocycles. The Morgan fingerprint density at radius 2 is 1.83 bits per heavy atom.